The summed E-state index contributed by atoms with van der Waals surface area (Å²) in [7, 11) is -4.01. The van der Waals surface area contributed by atoms with Crippen LogP contribution in [-0.2, 0) is 21.4 Å². The van der Waals surface area contributed by atoms with Gasteiger partial charge in [-0.3, -0.25) is 4.79 Å². The molecule has 0 spiro atoms. The van der Waals surface area contributed by atoms with Crippen molar-refractivity contribution in [3.05, 3.63) is 94.0 Å². The van der Waals surface area contributed by atoms with Crippen LogP contribution in [0.5, 0.6) is 0 Å². The number of aryl methyl sites for hydroxylation is 1. The minimum atomic E-state index is -4.01. The number of carbonyl (C=O) groups excluding carboxylic acids is 1. The number of sulfonamides is 1. The molecule has 0 aliphatic carbocycles. The highest BCUT2D eigenvalue weighted by atomic mass is 79.9. The van der Waals surface area contributed by atoms with E-state index in [4.69, 9.17) is 0 Å². The molecular weight excluding hydrogens is 490 g/mol. The quantitative estimate of drug-likeness (QED) is 0.495. The van der Waals surface area contributed by atoms with Crippen molar-refractivity contribution in [1.82, 2.24) is 4.31 Å². The van der Waals surface area contributed by atoms with Gasteiger partial charge in [0.15, 0.2) is 11.6 Å². The first-order valence-electron chi connectivity index (χ1n) is 9.21. The molecular formula is C22H19BrF2N2O3S. The number of nitrogens with one attached hydrogen (secondary N) is 1. The lowest BCUT2D eigenvalue weighted by Crippen LogP contribution is -2.37. The van der Waals surface area contributed by atoms with Crippen molar-refractivity contribution in [3.63, 3.8) is 0 Å². The third-order valence-corrected chi connectivity index (χ3v) is 6.79. The molecule has 0 unspecified atom stereocenters. The SMILES string of the molecule is Cc1ccc(CN(CC(=O)Nc2ccc(F)c(F)c2)S(=O)(=O)c2ccc(Br)cc2)cc1. The molecule has 3 aromatic carbocycles. The first-order chi connectivity index (χ1) is 14.6. The zero-order chi connectivity index (χ0) is 22.6. The molecule has 162 valence electrons. The van der Waals surface area contributed by atoms with E-state index < -0.39 is 34.1 Å². The minimum absolute atomic E-state index is 0.0280. The average molecular weight is 509 g/mol. The van der Waals surface area contributed by atoms with E-state index in [-0.39, 0.29) is 17.1 Å². The van der Waals surface area contributed by atoms with Gasteiger partial charge in [0, 0.05) is 22.8 Å². The number of nitrogens with zero attached hydrogens (tertiary/aromatic N) is 1. The maximum Gasteiger partial charge on any atom is 0.243 e. The van der Waals surface area contributed by atoms with Crippen LogP contribution in [0.3, 0.4) is 0 Å². The van der Waals surface area contributed by atoms with Gasteiger partial charge in [-0.2, -0.15) is 4.31 Å². The van der Waals surface area contributed by atoms with Gasteiger partial charge >= 0.3 is 0 Å². The number of benzene rings is 3. The van der Waals surface area contributed by atoms with Gasteiger partial charge in [0.05, 0.1) is 11.4 Å². The molecule has 0 fully saturated rings. The van der Waals surface area contributed by atoms with E-state index in [2.05, 4.69) is 21.2 Å². The molecule has 3 rings (SSSR count). The van der Waals surface area contributed by atoms with E-state index in [0.29, 0.717) is 10.0 Å². The third kappa shape index (κ3) is 5.96. The van der Waals surface area contributed by atoms with Crippen LogP contribution in [0.1, 0.15) is 11.1 Å². The van der Waals surface area contributed by atoms with Crippen molar-refractivity contribution in [3.8, 4) is 0 Å². The Bertz CT molecular complexity index is 1180. The van der Waals surface area contributed by atoms with Gasteiger partial charge < -0.3 is 5.32 Å². The van der Waals surface area contributed by atoms with Crippen molar-refractivity contribution < 1.29 is 22.0 Å². The second kappa shape index (κ2) is 9.67. The fraction of sp³-hybridized carbons (Fsp3) is 0.136. The number of rotatable bonds is 7. The predicted molar refractivity (Wildman–Crippen MR) is 118 cm³/mol. The smallest absolute Gasteiger partial charge is 0.243 e. The lowest BCUT2D eigenvalue weighted by atomic mass is 10.1. The Balaban J connectivity index is 1.87. The third-order valence-electron chi connectivity index (χ3n) is 4.45. The van der Waals surface area contributed by atoms with Crippen molar-refractivity contribution in [2.24, 2.45) is 0 Å². The molecule has 3 aromatic rings. The summed E-state index contributed by atoms with van der Waals surface area (Å²) < 4.78 is 54.7. The summed E-state index contributed by atoms with van der Waals surface area (Å²) in [4.78, 5) is 12.6. The van der Waals surface area contributed by atoms with E-state index in [1.807, 2.05) is 19.1 Å². The molecule has 9 heteroatoms. The Hall–Kier alpha value is -2.62. The number of anilines is 1. The second-order valence-electron chi connectivity index (χ2n) is 6.89. The number of hydrogen-bond acceptors (Lipinski definition) is 3. The summed E-state index contributed by atoms with van der Waals surface area (Å²) >= 11 is 3.27. The van der Waals surface area contributed by atoms with Gasteiger partial charge in [-0.25, -0.2) is 17.2 Å². The molecule has 1 N–H and O–H groups in total. The highest BCUT2D eigenvalue weighted by Gasteiger charge is 2.27. The molecule has 31 heavy (non-hydrogen) atoms. The van der Waals surface area contributed by atoms with Crippen LogP contribution in [0.15, 0.2) is 76.1 Å². The Morgan fingerprint density at radius 2 is 1.61 bits per heavy atom. The van der Waals surface area contributed by atoms with Crippen molar-refractivity contribution in [2.45, 2.75) is 18.4 Å². The number of hydrogen-bond donors (Lipinski definition) is 1. The van der Waals surface area contributed by atoms with Crippen LogP contribution in [-0.4, -0.2) is 25.2 Å². The Morgan fingerprint density at radius 1 is 0.968 bits per heavy atom. The van der Waals surface area contributed by atoms with E-state index >= 15 is 0 Å². The highest BCUT2D eigenvalue weighted by molar-refractivity contribution is 9.10. The summed E-state index contributed by atoms with van der Waals surface area (Å²) in [5.41, 5.74) is 1.74. The summed E-state index contributed by atoms with van der Waals surface area (Å²) in [5.74, 6) is -2.84. The first kappa shape index (κ1) is 23.1. The zero-order valence-electron chi connectivity index (χ0n) is 16.5. The Morgan fingerprint density at radius 3 is 2.23 bits per heavy atom. The van der Waals surface area contributed by atoms with Crippen LogP contribution in [0.4, 0.5) is 14.5 Å². The lowest BCUT2D eigenvalue weighted by molar-refractivity contribution is -0.116. The topological polar surface area (TPSA) is 66.5 Å². The molecule has 0 bridgehead atoms. The number of carbonyl (C=O) groups is 1. The molecule has 5 nitrogen and oxygen atoms in total. The summed E-state index contributed by atoms with van der Waals surface area (Å²) in [6.45, 7) is 1.37. The fourth-order valence-electron chi connectivity index (χ4n) is 2.81. The second-order valence-corrected chi connectivity index (χ2v) is 9.74. The summed E-state index contributed by atoms with van der Waals surface area (Å²) in [5, 5.41) is 2.41. The van der Waals surface area contributed by atoms with E-state index in [0.717, 1.165) is 22.0 Å². The van der Waals surface area contributed by atoms with Crippen molar-refractivity contribution >= 4 is 37.5 Å². The number of halogens is 3. The van der Waals surface area contributed by atoms with E-state index in [1.165, 1.54) is 18.2 Å². The zero-order valence-corrected chi connectivity index (χ0v) is 18.9. The fourth-order valence-corrected chi connectivity index (χ4v) is 4.46. The van der Waals surface area contributed by atoms with Crippen molar-refractivity contribution in [2.75, 3.05) is 11.9 Å². The Kier molecular flexibility index (Phi) is 7.19. The minimum Gasteiger partial charge on any atom is -0.325 e. The van der Waals surface area contributed by atoms with Crippen LogP contribution in [0, 0.1) is 18.6 Å². The first-order valence-corrected chi connectivity index (χ1v) is 11.4. The van der Waals surface area contributed by atoms with E-state index in [9.17, 15) is 22.0 Å². The van der Waals surface area contributed by atoms with Gasteiger partial charge in [0.25, 0.3) is 0 Å². The van der Waals surface area contributed by atoms with Gasteiger partial charge in [0.2, 0.25) is 15.9 Å². The molecule has 0 saturated carbocycles. The molecule has 0 aromatic heterocycles. The molecule has 0 atom stereocenters. The largest absolute Gasteiger partial charge is 0.325 e. The maximum absolute atomic E-state index is 13.4. The molecule has 0 aliphatic rings. The molecule has 0 saturated heterocycles. The van der Waals surface area contributed by atoms with Crippen LogP contribution < -0.4 is 5.32 Å². The van der Waals surface area contributed by atoms with Gasteiger partial charge in [-0.1, -0.05) is 45.8 Å². The Labute approximate surface area is 187 Å². The van der Waals surface area contributed by atoms with Gasteiger partial charge in [0.1, 0.15) is 0 Å². The summed E-state index contributed by atoms with van der Waals surface area (Å²) in [6.07, 6.45) is 0. The molecule has 0 radical (unpaired) electrons. The molecule has 1 amide bonds. The average Bonchev–Trinajstić information content (AvgIpc) is 2.72. The van der Waals surface area contributed by atoms with Crippen LogP contribution in [0.2, 0.25) is 0 Å². The lowest BCUT2D eigenvalue weighted by Gasteiger charge is -2.22. The van der Waals surface area contributed by atoms with Gasteiger partial charge in [-0.15, -0.1) is 0 Å². The maximum atomic E-state index is 13.4. The van der Waals surface area contributed by atoms with Crippen LogP contribution >= 0.6 is 15.9 Å². The normalized spacial score (nSPS) is 11.5. The molecule has 0 aliphatic heterocycles. The molecule has 0 heterocycles. The summed E-state index contributed by atoms with van der Waals surface area (Å²) in [6, 6.07) is 16.3. The highest BCUT2D eigenvalue weighted by Crippen LogP contribution is 2.21. The predicted octanol–water partition coefficient (Wildman–Crippen LogP) is 4.87. The van der Waals surface area contributed by atoms with Crippen LogP contribution in [0.25, 0.3) is 0 Å². The van der Waals surface area contributed by atoms with Gasteiger partial charge in [-0.05, 0) is 48.9 Å². The standard InChI is InChI=1S/C22H19BrF2N2O3S/c1-15-2-4-16(5-3-15)13-27(31(29,30)19-9-6-17(23)7-10-19)14-22(28)26-18-8-11-20(24)21(25)12-18/h2-12H,13-14H2,1H3,(H,26,28). The number of amides is 1. The van der Waals surface area contributed by atoms with E-state index in [1.54, 1.807) is 24.3 Å². The van der Waals surface area contributed by atoms with Crippen molar-refractivity contribution in [1.29, 1.82) is 0 Å². The monoisotopic (exact) mass is 508 g/mol.